The molecule has 4 heteroatoms. The van der Waals surface area contributed by atoms with Gasteiger partial charge in [-0.15, -0.1) is 0 Å². The molecule has 1 fully saturated rings. The first-order valence-electron chi connectivity index (χ1n) is 7.08. The lowest BCUT2D eigenvalue weighted by Gasteiger charge is -2.35. The van der Waals surface area contributed by atoms with Gasteiger partial charge in [0.15, 0.2) is 0 Å². The van der Waals surface area contributed by atoms with Crippen LogP contribution in [0.15, 0.2) is 18.2 Å². The minimum atomic E-state index is -0.323. The maximum atomic E-state index is 14.2. The third kappa shape index (κ3) is 3.10. The van der Waals surface area contributed by atoms with Crippen LogP contribution in [-0.4, -0.2) is 24.0 Å². The molecule has 106 valence electrons. The van der Waals surface area contributed by atoms with Crippen molar-refractivity contribution in [3.8, 4) is 0 Å². The van der Waals surface area contributed by atoms with Crippen LogP contribution in [0.1, 0.15) is 44.2 Å². The van der Waals surface area contributed by atoms with Gasteiger partial charge in [-0.25, -0.2) is 4.39 Å². The van der Waals surface area contributed by atoms with Crippen LogP contribution >= 0.6 is 11.6 Å². The fraction of sp³-hybridized carbons (Fsp3) is 0.600. The molecule has 2 rings (SSSR count). The number of rotatable bonds is 5. The van der Waals surface area contributed by atoms with E-state index in [0.717, 1.165) is 6.54 Å². The smallest absolute Gasteiger partial charge is 0.146 e. The van der Waals surface area contributed by atoms with Gasteiger partial charge in [0.25, 0.3) is 0 Å². The van der Waals surface area contributed by atoms with Gasteiger partial charge in [0, 0.05) is 18.2 Å². The number of benzene rings is 1. The minimum absolute atomic E-state index is 0.0770. The zero-order valence-corrected chi connectivity index (χ0v) is 12.2. The van der Waals surface area contributed by atoms with Crippen molar-refractivity contribution in [1.82, 2.24) is 4.90 Å². The highest BCUT2D eigenvalue weighted by atomic mass is 35.5. The summed E-state index contributed by atoms with van der Waals surface area (Å²) < 4.78 is 14.2. The van der Waals surface area contributed by atoms with Gasteiger partial charge in [0.1, 0.15) is 5.82 Å². The molecular weight excluding hydrogens is 263 g/mol. The number of halogens is 2. The monoisotopic (exact) mass is 284 g/mol. The molecule has 1 unspecified atom stereocenters. The van der Waals surface area contributed by atoms with Crippen molar-refractivity contribution in [3.05, 3.63) is 34.6 Å². The van der Waals surface area contributed by atoms with E-state index in [1.54, 1.807) is 18.2 Å². The average molecular weight is 285 g/mol. The van der Waals surface area contributed by atoms with Gasteiger partial charge < -0.3 is 5.73 Å². The maximum absolute atomic E-state index is 14.2. The predicted octanol–water partition coefficient (Wildman–Crippen LogP) is 3.74. The third-order valence-corrected chi connectivity index (χ3v) is 4.41. The molecule has 2 nitrogen and oxygen atoms in total. The Bertz CT molecular complexity index is 419. The molecule has 0 aliphatic heterocycles. The van der Waals surface area contributed by atoms with Crippen LogP contribution in [0.25, 0.3) is 0 Å². The van der Waals surface area contributed by atoms with Gasteiger partial charge in [-0.3, -0.25) is 4.90 Å². The molecule has 0 spiro atoms. The van der Waals surface area contributed by atoms with Crippen molar-refractivity contribution in [3.63, 3.8) is 0 Å². The largest absolute Gasteiger partial charge is 0.329 e. The Hall–Kier alpha value is -0.640. The normalized spacial score (nSPS) is 18.2. The van der Waals surface area contributed by atoms with Gasteiger partial charge in [-0.05, 0) is 25.5 Å². The van der Waals surface area contributed by atoms with Gasteiger partial charge in [0.2, 0.25) is 0 Å². The SMILES string of the molecule is CCN(C1CCCC1)C(CN)c1cccc(Cl)c1F. The second kappa shape index (κ2) is 6.69. The summed E-state index contributed by atoms with van der Waals surface area (Å²) in [5.41, 5.74) is 6.54. The molecule has 1 atom stereocenters. The summed E-state index contributed by atoms with van der Waals surface area (Å²) >= 11 is 5.89. The Labute approximate surface area is 119 Å². The minimum Gasteiger partial charge on any atom is -0.329 e. The standard InChI is InChI=1S/C15H22ClFN2/c1-2-19(11-6-3-4-7-11)14(10-18)12-8-5-9-13(16)15(12)17/h5,8-9,11,14H,2-4,6-7,10,18H2,1H3. The van der Waals surface area contributed by atoms with Crippen molar-refractivity contribution in [2.45, 2.75) is 44.7 Å². The van der Waals surface area contributed by atoms with Crippen molar-refractivity contribution in [2.75, 3.05) is 13.1 Å². The molecule has 0 aromatic heterocycles. The maximum Gasteiger partial charge on any atom is 0.146 e. The Balaban J connectivity index is 2.28. The molecule has 2 N–H and O–H groups in total. The van der Waals surface area contributed by atoms with Crippen LogP contribution in [0.5, 0.6) is 0 Å². The predicted molar refractivity (Wildman–Crippen MR) is 77.8 cm³/mol. The van der Waals surface area contributed by atoms with E-state index in [9.17, 15) is 4.39 Å². The fourth-order valence-electron chi connectivity index (χ4n) is 3.19. The average Bonchev–Trinajstić information content (AvgIpc) is 2.93. The number of likely N-dealkylation sites (N-methyl/N-ethyl adjacent to an activating group) is 1. The molecule has 0 amide bonds. The van der Waals surface area contributed by atoms with E-state index in [2.05, 4.69) is 11.8 Å². The van der Waals surface area contributed by atoms with Gasteiger partial charge in [0.05, 0.1) is 11.1 Å². The molecule has 1 aliphatic carbocycles. The first-order chi connectivity index (χ1) is 9.19. The van der Waals surface area contributed by atoms with E-state index in [1.165, 1.54) is 25.7 Å². The molecule has 0 heterocycles. The Morgan fingerprint density at radius 1 is 1.42 bits per heavy atom. The van der Waals surface area contributed by atoms with Gasteiger partial charge in [-0.1, -0.05) is 43.5 Å². The van der Waals surface area contributed by atoms with Crippen LogP contribution in [0.2, 0.25) is 5.02 Å². The van der Waals surface area contributed by atoms with Crippen molar-refractivity contribution in [1.29, 1.82) is 0 Å². The molecule has 0 bridgehead atoms. The Kier molecular flexibility index (Phi) is 5.20. The van der Waals surface area contributed by atoms with E-state index in [1.807, 2.05) is 0 Å². The summed E-state index contributed by atoms with van der Waals surface area (Å²) in [7, 11) is 0. The summed E-state index contributed by atoms with van der Waals surface area (Å²) in [6, 6.07) is 5.63. The molecule has 19 heavy (non-hydrogen) atoms. The molecule has 1 aromatic carbocycles. The van der Waals surface area contributed by atoms with Crippen LogP contribution in [0, 0.1) is 5.82 Å². The van der Waals surface area contributed by atoms with Crippen molar-refractivity contribution >= 4 is 11.6 Å². The van der Waals surface area contributed by atoms with E-state index < -0.39 is 0 Å². The molecule has 1 aromatic rings. The van der Waals surface area contributed by atoms with Crippen molar-refractivity contribution in [2.24, 2.45) is 5.73 Å². The molecular formula is C15H22ClFN2. The molecule has 1 saturated carbocycles. The van der Waals surface area contributed by atoms with E-state index in [4.69, 9.17) is 17.3 Å². The summed E-state index contributed by atoms with van der Waals surface area (Å²) in [6.45, 7) is 3.42. The topological polar surface area (TPSA) is 29.3 Å². The van der Waals surface area contributed by atoms with Gasteiger partial charge >= 0.3 is 0 Å². The van der Waals surface area contributed by atoms with Crippen LogP contribution < -0.4 is 5.73 Å². The second-order valence-electron chi connectivity index (χ2n) is 5.16. The van der Waals surface area contributed by atoms with Crippen molar-refractivity contribution < 1.29 is 4.39 Å². The van der Waals surface area contributed by atoms with Crippen LogP contribution in [0.3, 0.4) is 0 Å². The van der Waals surface area contributed by atoms with Crippen LogP contribution in [0.4, 0.5) is 4.39 Å². The number of hydrogen-bond acceptors (Lipinski definition) is 2. The summed E-state index contributed by atoms with van der Waals surface area (Å²) in [4.78, 5) is 2.34. The highest BCUT2D eigenvalue weighted by molar-refractivity contribution is 6.30. The highest BCUT2D eigenvalue weighted by Crippen LogP contribution is 2.32. The first-order valence-corrected chi connectivity index (χ1v) is 7.46. The van der Waals surface area contributed by atoms with E-state index >= 15 is 0 Å². The molecule has 0 saturated heterocycles. The quantitative estimate of drug-likeness (QED) is 0.892. The van der Waals surface area contributed by atoms with Crippen LogP contribution in [-0.2, 0) is 0 Å². The molecule has 0 radical (unpaired) electrons. The first kappa shape index (κ1) is 14.8. The summed E-state index contributed by atoms with van der Waals surface area (Å²) in [6.07, 6.45) is 4.89. The number of hydrogen-bond donors (Lipinski definition) is 1. The summed E-state index contributed by atoms with van der Waals surface area (Å²) in [5.74, 6) is -0.323. The zero-order chi connectivity index (χ0) is 13.8. The van der Waals surface area contributed by atoms with Gasteiger partial charge in [-0.2, -0.15) is 0 Å². The number of nitrogens with two attached hydrogens (primary N) is 1. The lowest BCUT2D eigenvalue weighted by Crippen LogP contribution is -2.40. The Morgan fingerprint density at radius 2 is 2.11 bits per heavy atom. The molecule has 1 aliphatic rings. The lowest BCUT2D eigenvalue weighted by molar-refractivity contribution is 0.144. The second-order valence-corrected chi connectivity index (χ2v) is 5.57. The zero-order valence-electron chi connectivity index (χ0n) is 11.4. The van der Waals surface area contributed by atoms with E-state index in [0.29, 0.717) is 18.2 Å². The fourth-order valence-corrected chi connectivity index (χ4v) is 3.37. The highest BCUT2D eigenvalue weighted by Gasteiger charge is 2.29. The third-order valence-electron chi connectivity index (χ3n) is 4.12. The number of nitrogens with zero attached hydrogens (tertiary/aromatic N) is 1. The van der Waals surface area contributed by atoms with E-state index in [-0.39, 0.29) is 16.9 Å². The lowest BCUT2D eigenvalue weighted by atomic mass is 10.0. The Morgan fingerprint density at radius 3 is 2.68 bits per heavy atom. The summed E-state index contributed by atoms with van der Waals surface area (Å²) in [5, 5.41) is 0.179.